The second-order valence-corrected chi connectivity index (χ2v) is 10.6. The fourth-order valence-electron chi connectivity index (χ4n) is 4.49. The molecule has 1 aliphatic rings. The van der Waals surface area contributed by atoms with E-state index in [9.17, 15) is 5.11 Å². The van der Waals surface area contributed by atoms with Crippen LogP contribution in [0.3, 0.4) is 0 Å². The van der Waals surface area contributed by atoms with Crippen molar-refractivity contribution in [2.45, 2.75) is 71.5 Å². The highest BCUT2D eigenvalue weighted by molar-refractivity contribution is 7.48. The van der Waals surface area contributed by atoms with Gasteiger partial charge in [0.2, 0.25) is 0 Å². The monoisotopic (exact) mass is 397 g/mol. The van der Waals surface area contributed by atoms with Crippen LogP contribution >= 0.6 is 8.58 Å². The number of hydrogen-bond donors (Lipinski definition) is 1. The summed E-state index contributed by atoms with van der Waals surface area (Å²) < 4.78 is 0. The molecule has 0 amide bonds. The molecular weight excluding hydrogens is 361 g/mol. The lowest BCUT2D eigenvalue weighted by atomic mass is 9.93. The fraction of sp³-hybridized carbons (Fsp3) is 0.520. The Morgan fingerprint density at radius 1 is 1.00 bits per heavy atom. The van der Waals surface area contributed by atoms with Crippen LogP contribution in [0.5, 0.6) is 5.75 Å². The van der Waals surface area contributed by atoms with Gasteiger partial charge >= 0.3 is 0 Å². The van der Waals surface area contributed by atoms with E-state index in [-0.39, 0.29) is 5.16 Å². The number of aromatic hydroxyl groups is 1. The molecule has 1 aliphatic heterocycles. The molecule has 28 heavy (non-hydrogen) atoms. The average Bonchev–Trinajstić information content (AvgIpc) is 2.67. The van der Waals surface area contributed by atoms with Crippen LogP contribution in [0.15, 0.2) is 36.4 Å². The zero-order valence-corrected chi connectivity index (χ0v) is 19.0. The minimum absolute atomic E-state index is 0.0310. The summed E-state index contributed by atoms with van der Waals surface area (Å²) in [5.74, 6) is 0.443. The Morgan fingerprint density at radius 2 is 1.68 bits per heavy atom. The Kier molecular flexibility index (Phi) is 7.18. The number of likely N-dealkylation sites (tertiary alicyclic amines) is 1. The lowest BCUT2D eigenvalue weighted by molar-refractivity contribution is 0.221. The van der Waals surface area contributed by atoms with Crippen LogP contribution < -0.4 is 5.30 Å². The zero-order valence-electron chi connectivity index (χ0n) is 18.0. The summed E-state index contributed by atoms with van der Waals surface area (Å²) in [6, 6.07) is 13.0. The highest BCUT2D eigenvalue weighted by atomic mass is 31.1. The van der Waals surface area contributed by atoms with Crippen LogP contribution in [0.25, 0.3) is 0 Å². The Morgan fingerprint density at radius 3 is 2.39 bits per heavy atom. The topological polar surface area (TPSA) is 23.5 Å². The Bertz CT molecular complexity index is 797. The summed E-state index contributed by atoms with van der Waals surface area (Å²) in [6.07, 6.45) is 6.23. The summed E-state index contributed by atoms with van der Waals surface area (Å²) >= 11 is 0. The number of aryl methyl sites for hydroxylation is 2. The van der Waals surface area contributed by atoms with Gasteiger partial charge < -0.3 is 5.11 Å². The van der Waals surface area contributed by atoms with Crippen molar-refractivity contribution in [2.24, 2.45) is 0 Å². The first-order valence-electron chi connectivity index (χ1n) is 10.8. The molecule has 1 fully saturated rings. The predicted molar refractivity (Wildman–Crippen MR) is 123 cm³/mol. The number of nitrogens with zero attached hydrogens (tertiary/aromatic N) is 1. The first-order chi connectivity index (χ1) is 13.4. The number of rotatable bonds is 7. The van der Waals surface area contributed by atoms with Gasteiger partial charge in [-0.15, -0.1) is 0 Å². The average molecular weight is 398 g/mol. The van der Waals surface area contributed by atoms with Crippen molar-refractivity contribution in [2.75, 3.05) is 13.1 Å². The van der Waals surface area contributed by atoms with E-state index in [1.807, 2.05) is 12.1 Å². The number of phenolic OH excluding ortho intramolecular Hbond substituents is 1. The van der Waals surface area contributed by atoms with E-state index in [1.165, 1.54) is 54.3 Å². The van der Waals surface area contributed by atoms with Crippen molar-refractivity contribution in [3.63, 3.8) is 0 Å². The maximum atomic E-state index is 10.6. The van der Waals surface area contributed by atoms with Crippen molar-refractivity contribution in [1.82, 2.24) is 4.90 Å². The standard InChI is InChI=1S/C25H36NOP/c1-5-13-25(4,22-17-20(3)9-11-23(22)27)28-24-12-10-19(2)16-21(24)18-26-14-7-6-8-15-26/h9-12,16-17,27-28H,5-8,13-15,18H2,1-4H3. The third-order valence-corrected chi connectivity index (χ3v) is 7.84. The number of hydrogen-bond acceptors (Lipinski definition) is 2. The maximum absolute atomic E-state index is 10.6. The molecule has 0 aliphatic carbocycles. The zero-order chi connectivity index (χ0) is 20.1. The molecule has 1 saturated heterocycles. The van der Waals surface area contributed by atoms with E-state index in [0.717, 1.165) is 24.9 Å². The van der Waals surface area contributed by atoms with Gasteiger partial charge in [0.25, 0.3) is 0 Å². The molecule has 2 unspecified atom stereocenters. The molecule has 0 aromatic heterocycles. The normalized spacial score (nSPS) is 17.9. The van der Waals surface area contributed by atoms with Gasteiger partial charge in [-0.2, -0.15) is 0 Å². The lowest BCUT2D eigenvalue weighted by Crippen LogP contribution is -2.31. The van der Waals surface area contributed by atoms with Crippen LogP contribution in [0.4, 0.5) is 0 Å². The first-order valence-corrected chi connectivity index (χ1v) is 11.8. The van der Waals surface area contributed by atoms with E-state index in [2.05, 4.69) is 56.9 Å². The van der Waals surface area contributed by atoms with Crippen LogP contribution in [-0.4, -0.2) is 23.1 Å². The Balaban J connectivity index is 1.93. The molecule has 2 aromatic rings. The highest BCUT2D eigenvalue weighted by Crippen LogP contribution is 2.48. The summed E-state index contributed by atoms with van der Waals surface area (Å²) in [7, 11) is 0.655. The van der Waals surface area contributed by atoms with Crippen molar-refractivity contribution >= 4 is 13.9 Å². The second-order valence-electron chi connectivity index (χ2n) is 8.73. The Labute approximate surface area is 173 Å². The van der Waals surface area contributed by atoms with Crippen molar-refractivity contribution in [1.29, 1.82) is 0 Å². The van der Waals surface area contributed by atoms with E-state index < -0.39 is 0 Å². The highest BCUT2D eigenvalue weighted by Gasteiger charge is 2.30. The van der Waals surface area contributed by atoms with Crippen molar-refractivity contribution in [3.05, 3.63) is 58.7 Å². The van der Waals surface area contributed by atoms with Crippen LogP contribution in [0.1, 0.15) is 68.2 Å². The maximum Gasteiger partial charge on any atom is 0.119 e. The van der Waals surface area contributed by atoms with E-state index >= 15 is 0 Å². The number of piperidine rings is 1. The third kappa shape index (κ3) is 5.16. The molecule has 2 nitrogen and oxygen atoms in total. The van der Waals surface area contributed by atoms with Gasteiger partial charge in [-0.1, -0.05) is 76.7 Å². The molecule has 3 rings (SSSR count). The summed E-state index contributed by atoms with van der Waals surface area (Å²) in [5, 5.41) is 12.1. The third-order valence-electron chi connectivity index (χ3n) is 6.01. The van der Waals surface area contributed by atoms with Gasteiger partial charge in [0, 0.05) is 17.3 Å². The van der Waals surface area contributed by atoms with Gasteiger partial charge in [0.1, 0.15) is 5.75 Å². The molecule has 2 aromatic carbocycles. The molecule has 0 radical (unpaired) electrons. The minimum Gasteiger partial charge on any atom is -0.508 e. The first kappa shape index (κ1) is 21.3. The van der Waals surface area contributed by atoms with E-state index in [4.69, 9.17) is 0 Å². The summed E-state index contributed by atoms with van der Waals surface area (Å²) in [6.45, 7) is 12.4. The molecule has 152 valence electrons. The smallest absolute Gasteiger partial charge is 0.119 e. The quantitative estimate of drug-likeness (QED) is 0.578. The molecule has 1 heterocycles. The summed E-state index contributed by atoms with van der Waals surface area (Å²) in [4.78, 5) is 2.62. The summed E-state index contributed by atoms with van der Waals surface area (Å²) in [5.41, 5.74) is 5.15. The number of benzene rings is 2. The van der Waals surface area contributed by atoms with Gasteiger partial charge in [0.15, 0.2) is 0 Å². The second kappa shape index (κ2) is 9.42. The molecule has 0 spiro atoms. The minimum atomic E-state index is -0.0310. The van der Waals surface area contributed by atoms with Crippen LogP contribution in [-0.2, 0) is 11.7 Å². The van der Waals surface area contributed by atoms with E-state index in [1.54, 1.807) is 0 Å². The van der Waals surface area contributed by atoms with E-state index in [0.29, 0.717) is 14.3 Å². The molecule has 1 N–H and O–H groups in total. The molecule has 3 heteroatoms. The largest absolute Gasteiger partial charge is 0.508 e. The molecular formula is C25H36NOP. The van der Waals surface area contributed by atoms with Gasteiger partial charge in [0.05, 0.1) is 0 Å². The fourth-order valence-corrected chi connectivity index (χ4v) is 6.27. The van der Waals surface area contributed by atoms with Crippen molar-refractivity contribution < 1.29 is 5.11 Å². The predicted octanol–water partition coefficient (Wildman–Crippen LogP) is 6.01. The van der Waals surface area contributed by atoms with Crippen molar-refractivity contribution in [3.8, 4) is 5.75 Å². The Hall–Kier alpha value is -1.37. The molecule has 2 atom stereocenters. The number of phenols is 1. The molecule has 0 bridgehead atoms. The van der Waals surface area contributed by atoms with Gasteiger partial charge in [-0.05, 0) is 63.1 Å². The van der Waals surface area contributed by atoms with Gasteiger partial charge in [-0.25, -0.2) is 0 Å². The SMILES string of the molecule is CCCC(C)(Pc1ccc(C)cc1CN1CCCCC1)c1cc(C)ccc1O. The molecule has 0 saturated carbocycles. The van der Waals surface area contributed by atoms with Gasteiger partial charge in [-0.3, -0.25) is 4.90 Å². The lowest BCUT2D eigenvalue weighted by Gasteiger charge is -2.33. The van der Waals surface area contributed by atoms with Crippen LogP contribution in [0, 0.1) is 13.8 Å². The van der Waals surface area contributed by atoms with Crippen LogP contribution in [0.2, 0.25) is 0 Å².